The first kappa shape index (κ1) is 24.1. The van der Waals surface area contributed by atoms with E-state index < -0.39 is 17.7 Å². The Labute approximate surface area is 192 Å². The third-order valence-corrected chi connectivity index (χ3v) is 5.34. The number of carbonyl (C=O) groups is 3. The highest BCUT2D eigenvalue weighted by Crippen LogP contribution is 2.25. The number of para-hydroxylation sites is 1. The van der Waals surface area contributed by atoms with Crippen molar-refractivity contribution in [2.45, 2.75) is 58.1 Å². The van der Waals surface area contributed by atoms with Crippen LogP contribution in [0, 0.1) is 0 Å². The lowest BCUT2D eigenvalue weighted by atomic mass is 10.0. The summed E-state index contributed by atoms with van der Waals surface area (Å²) < 4.78 is 6.97. The van der Waals surface area contributed by atoms with Gasteiger partial charge >= 0.3 is 6.09 Å². The van der Waals surface area contributed by atoms with Gasteiger partial charge in [0, 0.05) is 36.0 Å². The van der Waals surface area contributed by atoms with Crippen molar-refractivity contribution < 1.29 is 19.1 Å². The van der Waals surface area contributed by atoms with Crippen molar-refractivity contribution >= 4 is 28.8 Å². The van der Waals surface area contributed by atoms with Crippen LogP contribution < -0.4 is 5.32 Å². The maximum Gasteiger partial charge on any atom is 0.419 e. The number of amides is 2. The summed E-state index contributed by atoms with van der Waals surface area (Å²) in [5.41, 5.74) is 9.15. The Hall–Kier alpha value is -3.52. The van der Waals surface area contributed by atoms with Gasteiger partial charge < -0.3 is 15.0 Å². The van der Waals surface area contributed by atoms with Crippen molar-refractivity contribution in [1.29, 1.82) is 0 Å². The quantitative estimate of drug-likeness (QED) is 0.282. The summed E-state index contributed by atoms with van der Waals surface area (Å²) in [4.78, 5) is 42.4. The SMILES string of the molecule is CC(C)(C)OC(=O)n1cc(C[C@@H]2NC(=O)CN(CCCCCN=[N+]=[N-])C2=O)c2ccccc21. The number of rotatable bonds is 8. The Kier molecular flexibility index (Phi) is 7.60. The van der Waals surface area contributed by atoms with Gasteiger partial charge in [0.2, 0.25) is 11.8 Å². The molecule has 0 bridgehead atoms. The van der Waals surface area contributed by atoms with Crippen LogP contribution in [-0.4, -0.2) is 58.7 Å². The molecule has 1 aromatic carbocycles. The van der Waals surface area contributed by atoms with E-state index in [-0.39, 0.29) is 24.8 Å². The molecule has 1 aromatic heterocycles. The molecule has 1 N–H and O–H groups in total. The zero-order chi connectivity index (χ0) is 24.0. The van der Waals surface area contributed by atoms with E-state index in [2.05, 4.69) is 15.3 Å². The van der Waals surface area contributed by atoms with E-state index in [9.17, 15) is 14.4 Å². The highest BCUT2D eigenvalue weighted by atomic mass is 16.6. The monoisotopic (exact) mass is 454 g/mol. The van der Waals surface area contributed by atoms with Crippen molar-refractivity contribution in [3.63, 3.8) is 0 Å². The summed E-state index contributed by atoms with van der Waals surface area (Å²) in [7, 11) is 0. The molecule has 0 spiro atoms. The molecule has 3 rings (SSSR count). The number of nitrogens with zero attached hydrogens (tertiary/aromatic N) is 5. The Morgan fingerprint density at radius 1 is 1.24 bits per heavy atom. The third kappa shape index (κ3) is 6.26. The molecule has 2 aromatic rings. The molecule has 0 aliphatic carbocycles. The van der Waals surface area contributed by atoms with Crippen LogP contribution in [0.1, 0.15) is 45.6 Å². The maximum absolute atomic E-state index is 13.1. The predicted octanol–water partition coefficient (Wildman–Crippen LogP) is 3.77. The molecule has 0 unspecified atom stereocenters. The highest BCUT2D eigenvalue weighted by Gasteiger charge is 2.33. The summed E-state index contributed by atoms with van der Waals surface area (Å²) in [6.45, 7) is 6.34. The minimum absolute atomic E-state index is 0.0331. The molecular formula is C23H30N6O4. The van der Waals surface area contributed by atoms with E-state index in [1.165, 1.54) is 4.57 Å². The van der Waals surface area contributed by atoms with Crippen LogP contribution in [0.4, 0.5) is 4.79 Å². The molecule has 1 aliphatic rings. The van der Waals surface area contributed by atoms with E-state index in [4.69, 9.17) is 10.3 Å². The van der Waals surface area contributed by atoms with Gasteiger partial charge in [-0.3, -0.25) is 14.2 Å². The second-order valence-electron chi connectivity index (χ2n) is 9.12. The van der Waals surface area contributed by atoms with E-state index in [0.717, 1.165) is 30.2 Å². The van der Waals surface area contributed by atoms with Crippen molar-refractivity contribution in [2.24, 2.45) is 5.11 Å². The molecule has 1 aliphatic heterocycles. The lowest BCUT2D eigenvalue weighted by molar-refractivity contribution is -0.144. The Morgan fingerprint density at radius 3 is 2.73 bits per heavy atom. The van der Waals surface area contributed by atoms with Crippen molar-refractivity contribution in [3.8, 4) is 0 Å². The van der Waals surface area contributed by atoms with Gasteiger partial charge in [-0.15, -0.1) is 0 Å². The van der Waals surface area contributed by atoms with Gasteiger partial charge in [-0.2, -0.15) is 0 Å². The Morgan fingerprint density at radius 2 is 2.00 bits per heavy atom. The first-order valence-electron chi connectivity index (χ1n) is 11.1. The smallest absolute Gasteiger partial charge is 0.419 e. The number of aromatic nitrogens is 1. The van der Waals surface area contributed by atoms with Gasteiger partial charge in [-0.25, -0.2) is 4.79 Å². The van der Waals surface area contributed by atoms with E-state index in [0.29, 0.717) is 18.6 Å². The van der Waals surface area contributed by atoms with Crippen molar-refractivity contribution in [1.82, 2.24) is 14.8 Å². The summed E-state index contributed by atoms with van der Waals surface area (Å²) in [6.07, 6.45) is 3.74. The first-order chi connectivity index (χ1) is 15.7. The van der Waals surface area contributed by atoms with Crippen LogP contribution in [0.3, 0.4) is 0 Å². The standard InChI is InChI=1S/C23H30N6O4/c1-23(2,3)33-22(32)29-14-16(17-9-5-6-10-19(17)29)13-18-21(31)28(15-20(30)26-18)12-8-4-7-11-25-27-24/h5-6,9-10,14,18H,4,7-8,11-13,15H2,1-3H3,(H,26,30)/t18-/m0/s1. The van der Waals surface area contributed by atoms with Gasteiger partial charge in [0.15, 0.2) is 0 Å². The molecule has 1 atom stereocenters. The molecule has 176 valence electrons. The molecule has 0 radical (unpaired) electrons. The van der Waals surface area contributed by atoms with E-state index >= 15 is 0 Å². The summed E-state index contributed by atoms with van der Waals surface area (Å²) in [6, 6.07) is 6.72. The normalized spacial score (nSPS) is 16.5. The fourth-order valence-corrected chi connectivity index (χ4v) is 3.90. The molecule has 1 fully saturated rings. The van der Waals surface area contributed by atoms with Crippen LogP contribution >= 0.6 is 0 Å². The second-order valence-corrected chi connectivity index (χ2v) is 9.12. The molecule has 1 saturated heterocycles. The number of benzene rings is 1. The number of nitrogens with one attached hydrogen (secondary N) is 1. The van der Waals surface area contributed by atoms with Crippen molar-refractivity contribution in [3.05, 3.63) is 46.5 Å². The van der Waals surface area contributed by atoms with E-state index in [1.807, 2.05) is 24.3 Å². The Balaban J connectivity index is 1.74. The molecular weight excluding hydrogens is 424 g/mol. The van der Waals surface area contributed by atoms with Crippen LogP contribution in [0.5, 0.6) is 0 Å². The maximum atomic E-state index is 13.1. The lowest BCUT2D eigenvalue weighted by Crippen LogP contribution is -2.58. The number of piperazine rings is 1. The van der Waals surface area contributed by atoms with Crippen LogP contribution in [0.15, 0.2) is 35.6 Å². The van der Waals surface area contributed by atoms with Crippen molar-refractivity contribution in [2.75, 3.05) is 19.6 Å². The van der Waals surface area contributed by atoms with Gasteiger partial charge in [-0.1, -0.05) is 29.7 Å². The van der Waals surface area contributed by atoms with Gasteiger partial charge in [0.25, 0.3) is 0 Å². The largest absolute Gasteiger partial charge is 0.443 e. The fourth-order valence-electron chi connectivity index (χ4n) is 3.90. The highest BCUT2D eigenvalue weighted by molar-refractivity contribution is 5.96. The summed E-state index contributed by atoms with van der Waals surface area (Å²) in [5, 5.41) is 7.13. The number of ether oxygens (including phenoxy) is 1. The number of carbonyl (C=O) groups excluding carboxylic acids is 3. The van der Waals surface area contributed by atoms with Gasteiger partial charge in [0.05, 0.1) is 12.1 Å². The minimum Gasteiger partial charge on any atom is -0.443 e. The number of hydrogen-bond donors (Lipinski definition) is 1. The molecule has 2 heterocycles. The van der Waals surface area contributed by atoms with Gasteiger partial charge in [-0.05, 0) is 50.8 Å². The minimum atomic E-state index is -0.702. The third-order valence-electron chi connectivity index (χ3n) is 5.34. The Bertz CT molecular complexity index is 1080. The average Bonchev–Trinajstić information content (AvgIpc) is 3.11. The second kappa shape index (κ2) is 10.4. The molecule has 0 saturated carbocycles. The number of fused-ring (bicyclic) bond motifs is 1. The number of azide groups is 1. The van der Waals surface area contributed by atoms with Crippen LogP contribution in [-0.2, 0) is 20.7 Å². The van der Waals surface area contributed by atoms with Crippen LogP contribution in [0.2, 0.25) is 0 Å². The zero-order valence-corrected chi connectivity index (χ0v) is 19.3. The first-order valence-corrected chi connectivity index (χ1v) is 11.1. The molecule has 2 amide bonds. The van der Waals surface area contributed by atoms with E-state index in [1.54, 1.807) is 31.9 Å². The molecule has 33 heavy (non-hydrogen) atoms. The van der Waals surface area contributed by atoms with Crippen LogP contribution in [0.25, 0.3) is 21.3 Å². The average molecular weight is 455 g/mol. The predicted molar refractivity (Wildman–Crippen MR) is 124 cm³/mol. The topological polar surface area (TPSA) is 129 Å². The number of unbranched alkanes of at least 4 members (excludes halogenated alkanes) is 2. The summed E-state index contributed by atoms with van der Waals surface area (Å²) in [5.74, 6) is -0.344. The molecule has 10 heteroatoms. The summed E-state index contributed by atoms with van der Waals surface area (Å²) >= 11 is 0. The molecule has 10 nitrogen and oxygen atoms in total. The number of hydrogen-bond acceptors (Lipinski definition) is 5. The fraction of sp³-hybridized carbons (Fsp3) is 0.522. The zero-order valence-electron chi connectivity index (χ0n) is 19.3. The lowest BCUT2D eigenvalue weighted by Gasteiger charge is -2.32. The van der Waals surface area contributed by atoms with Gasteiger partial charge in [0.1, 0.15) is 11.6 Å².